The summed E-state index contributed by atoms with van der Waals surface area (Å²) in [6.07, 6.45) is 9.89. The van der Waals surface area contributed by atoms with Crippen LogP contribution >= 0.6 is 0 Å². The number of hydrogen-bond donors (Lipinski definition) is 1. The second-order valence-corrected chi connectivity index (χ2v) is 5.93. The van der Waals surface area contributed by atoms with Crippen molar-refractivity contribution in [2.24, 2.45) is 5.92 Å². The highest BCUT2D eigenvalue weighted by molar-refractivity contribution is 6.15. The van der Waals surface area contributed by atoms with Crippen molar-refractivity contribution in [3.63, 3.8) is 0 Å². The van der Waals surface area contributed by atoms with E-state index in [0.717, 1.165) is 36.6 Å². The minimum Gasteiger partial charge on any atom is -0.292 e. The zero-order valence-electron chi connectivity index (χ0n) is 12.4. The van der Waals surface area contributed by atoms with Crippen LogP contribution in [0.4, 0.5) is 0 Å². The van der Waals surface area contributed by atoms with Gasteiger partial charge in [-0.1, -0.05) is 19.8 Å². The summed E-state index contributed by atoms with van der Waals surface area (Å²) < 4.78 is 2.05. The largest absolute Gasteiger partial charge is 0.292 e. The predicted molar refractivity (Wildman–Crippen MR) is 79.3 cm³/mol. The first-order chi connectivity index (χ1) is 10.2. The summed E-state index contributed by atoms with van der Waals surface area (Å²) in [5.74, 6) is 0.449. The number of nitrogens with one attached hydrogen (secondary N) is 1. The molecule has 0 atom stereocenters. The normalized spacial score (nSPS) is 20.3. The molecule has 0 aromatic carbocycles. The summed E-state index contributed by atoms with van der Waals surface area (Å²) in [6.45, 7) is 3.03. The van der Waals surface area contributed by atoms with Crippen LogP contribution in [-0.2, 0) is 22.6 Å². The molecule has 1 N–H and O–H groups in total. The van der Waals surface area contributed by atoms with Crippen LogP contribution in [0.1, 0.15) is 50.3 Å². The van der Waals surface area contributed by atoms with Crippen LogP contribution in [0.3, 0.4) is 0 Å². The molecule has 1 aliphatic carbocycles. The van der Waals surface area contributed by atoms with Gasteiger partial charge in [0.25, 0.3) is 5.91 Å². The van der Waals surface area contributed by atoms with Gasteiger partial charge >= 0.3 is 0 Å². The van der Waals surface area contributed by atoms with E-state index in [-0.39, 0.29) is 18.2 Å². The number of imide groups is 1. The summed E-state index contributed by atoms with van der Waals surface area (Å²) in [5, 5.41) is 6.76. The Morgan fingerprint density at radius 1 is 1.43 bits per heavy atom. The van der Waals surface area contributed by atoms with Crippen LogP contribution in [0.2, 0.25) is 0 Å². The average molecular weight is 287 g/mol. The van der Waals surface area contributed by atoms with Crippen molar-refractivity contribution < 1.29 is 9.59 Å². The molecule has 0 unspecified atom stereocenters. The molecule has 0 bridgehead atoms. The summed E-state index contributed by atoms with van der Waals surface area (Å²) in [4.78, 5) is 22.9. The molecule has 21 heavy (non-hydrogen) atoms. The third kappa shape index (κ3) is 3.23. The van der Waals surface area contributed by atoms with E-state index in [1.807, 2.05) is 10.8 Å². The Kier molecular flexibility index (Phi) is 3.90. The molecule has 1 saturated heterocycles. The standard InChI is InChI=1S/C16H21N3O2/c1-2-14-13(8-12-9-15(20)18-16(12)21)10-17-19(14)7-3-4-11-5-6-11/h8,10-11H,2-7,9H2,1H3,(H,18,20,21). The minimum atomic E-state index is -0.275. The van der Waals surface area contributed by atoms with E-state index < -0.39 is 0 Å². The van der Waals surface area contributed by atoms with Crippen molar-refractivity contribution in [3.05, 3.63) is 23.0 Å². The minimum absolute atomic E-state index is 0.175. The van der Waals surface area contributed by atoms with E-state index in [9.17, 15) is 9.59 Å². The number of rotatable bonds is 6. The van der Waals surface area contributed by atoms with Crippen LogP contribution in [0.15, 0.2) is 11.8 Å². The van der Waals surface area contributed by atoms with Gasteiger partial charge in [0.1, 0.15) is 0 Å². The Morgan fingerprint density at radius 3 is 2.86 bits per heavy atom. The van der Waals surface area contributed by atoms with Crippen molar-refractivity contribution in [2.45, 2.75) is 52.0 Å². The summed E-state index contributed by atoms with van der Waals surface area (Å²) in [7, 11) is 0. The molecular formula is C16H21N3O2. The summed E-state index contributed by atoms with van der Waals surface area (Å²) in [6, 6.07) is 0. The van der Waals surface area contributed by atoms with Gasteiger partial charge in [0, 0.05) is 23.4 Å². The Hall–Kier alpha value is -1.91. The lowest BCUT2D eigenvalue weighted by atomic mass is 10.1. The molecule has 0 spiro atoms. The van der Waals surface area contributed by atoms with Crippen molar-refractivity contribution >= 4 is 17.9 Å². The third-order valence-corrected chi connectivity index (χ3v) is 4.22. The van der Waals surface area contributed by atoms with Crippen molar-refractivity contribution in [1.82, 2.24) is 15.1 Å². The topological polar surface area (TPSA) is 64.0 Å². The Labute approximate surface area is 124 Å². The first kappa shape index (κ1) is 14.0. The van der Waals surface area contributed by atoms with Crippen molar-refractivity contribution in [2.75, 3.05) is 0 Å². The first-order valence-electron chi connectivity index (χ1n) is 7.76. The smallest absolute Gasteiger partial charge is 0.254 e. The summed E-state index contributed by atoms with van der Waals surface area (Å²) >= 11 is 0. The quantitative estimate of drug-likeness (QED) is 0.643. The lowest BCUT2D eigenvalue weighted by Gasteiger charge is -2.06. The van der Waals surface area contributed by atoms with Gasteiger partial charge in [0.05, 0.1) is 12.6 Å². The molecule has 2 fully saturated rings. The third-order valence-electron chi connectivity index (χ3n) is 4.22. The lowest BCUT2D eigenvalue weighted by molar-refractivity contribution is -0.124. The summed E-state index contributed by atoms with van der Waals surface area (Å²) in [5.41, 5.74) is 2.64. The zero-order valence-corrected chi connectivity index (χ0v) is 12.4. The monoisotopic (exact) mass is 287 g/mol. The van der Waals surface area contributed by atoms with E-state index in [0.29, 0.717) is 5.57 Å². The number of aryl methyl sites for hydroxylation is 1. The van der Waals surface area contributed by atoms with Gasteiger partial charge < -0.3 is 0 Å². The molecule has 2 heterocycles. The number of nitrogens with zero attached hydrogens (tertiary/aromatic N) is 2. The van der Waals surface area contributed by atoms with Crippen LogP contribution in [-0.4, -0.2) is 21.6 Å². The van der Waals surface area contributed by atoms with Crippen LogP contribution in [0.25, 0.3) is 6.08 Å². The van der Waals surface area contributed by atoms with Crippen molar-refractivity contribution in [1.29, 1.82) is 0 Å². The number of hydrogen-bond acceptors (Lipinski definition) is 3. The molecular weight excluding hydrogens is 266 g/mol. The van der Waals surface area contributed by atoms with Crippen LogP contribution in [0.5, 0.6) is 0 Å². The molecule has 1 aromatic heterocycles. The highest BCUT2D eigenvalue weighted by Gasteiger charge is 2.24. The molecule has 1 saturated carbocycles. The molecule has 112 valence electrons. The van der Waals surface area contributed by atoms with Gasteiger partial charge in [-0.3, -0.25) is 19.6 Å². The van der Waals surface area contributed by atoms with Crippen LogP contribution in [0, 0.1) is 5.92 Å². The van der Waals surface area contributed by atoms with Crippen molar-refractivity contribution in [3.8, 4) is 0 Å². The molecule has 1 aromatic rings. The van der Waals surface area contributed by atoms with Gasteiger partial charge in [0.15, 0.2) is 0 Å². The molecule has 5 nitrogen and oxygen atoms in total. The van der Waals surface area contributed by atoms with E-state index in [1.165, 1.54) is 19.3 Å². The maximum absolute atomic E-state index is 11.6. The Balaban J connectivity index is 1.72. The van der Waals surface area contributed by atoms with Gasteiger partial charge in [-0.25, -0.2) is 0 Å². The maximum atomic E-state index is 11.6. The average Bonchev–Trinajstić information content (AvgIpc) is 3.11. The molecule has 2 amide bonds. The van der Waals surface area contributed by atoms with E-state index in [4.69, 9.17) is 0 Å². The fraction of sp³-hybridized carbons (Fsp3) is 0.562. The number of carbonyl (C=O) groups is 2. The SMILES string of the molecule is CCc1c(C=C2CC(=O)NC2=O)cnn1CCCC1CC1. The van der Waals surface area contributed by atoms with Gasteiger partial charge in [-0.2, -0.15) is 5.10 Å². The Morgan fingerprint density at radius 2 is 2.24 bits per heavy atom. The van der Waals surface area contributed by atoms with E-state index in [2.05, 4.69) is 17.3 Å². The highest BCUT2D eigenvalue weighted by Crippen LogP contribution is 2.33. The predicted octanol–water partition coefficient (Wildman–Crippen LogP) is 2.07. The maximum Gasteiger partial charge on any atom is 0.254 e. The van der Waals surface area contributed by atoms with Gasteiger partial charge in [0.2, 0.25) is 5.91 Å². The molecule has 0 radical (unpaired) electrons. The zero-order chi connectivity index (χ0) is 14.8. The van der Waals surface area contributed by atoms with Crippen LogP contribution < -0.4 is 5.32 Å². The second kappa shape index (κ2) is 5.84. The number of carbonyl (C=O) groups excluding carboxylic acids is 2. The number of aromatic nitrogens is 2. The molecule has 2 aliphatic rings. The number of amides is 2. The highest BCUT2D eigenvalue weighted by atomic mass is 16.2. The van der Waals surface area contributed by atoms with E-state index in [1.54, 1.807) is 6.20 Å². The molecule has 3 rings (SSSR count). The first-order valence-corrected chi connectivity index (χ1v) is 7.76. The molecule has 5 heteroatoms. The fourth-order valence-corrected chi connectivity index (χ4v) is 2.87. The Bertz CT molecular complexity index is 597. The second-order valence-electron chi connectivity index (χ2n) is 5.93. The van der Waals surface area contributed by atoms with Gasteiger partial charge in [-0.15, -0.1) is 0 Å². The lowest BCUT2D eigenvalue weighted by Crippen LogP contribution is -2.19. The van der Waals surface area contributed by atoms with E-state index >= 15 is 0 Å². The van der Waals surface area contributed by atoms with Gasteiger partial charge in [-0.05, 0) is 31.3 Å². The molecule has 1 aliphatic heterocycles. The fourth-order valence-electron chi connectivity index (χ4n) is 2.87.